The Hall–Kier alpha value is -2.14. The van der Waals surface area contributed by atoms with E-state index in [0.717, 1.165) is 16.8 Å². The van der Waals surface area contributed by atoms with Gasteiger partial charge in [0, 0.05) is 18.5 Å². The first-order valence-corrected chi connectivity index (χ1v) is 6.76. The van der Waals surface area contributed by atoms with E-state index >= 15 is 0 Å². The van der Waals surface area contributed by atoms with Crippen LogP contribution in [0.5, 0.6) is 5.75 Å². The Balaban J connectivity index is 2.10. The number of nitrogens with zero attached hydrogens (tertiary/aromatic N) is 2. The number of imidazole rings is 1. The number of nitrogens with one attached hydrogen (secondary N) is 1. The first-order valence-electron chi connectivity index (χ1n) is 6.35. The molecule has 0 aliphatic heterocycles. The molecule has 0 radical (unpaired) electrons. The number of methoxy groups -OCH3 is 1. The second kappa shape index (κ2) is 5.09. The molecule has 4 nitrogen and oxygen atoms in total. The first-order chi connectivity index (χ1) is 9.69. The summed E-state index contributed by atoms with van der Waals surface area (Å²) in [4.78, 5) is 7.40. The van der Waals surface area contributed by atoms with Gasteiger partial charge >= 0.3 is 0 Å². The molecular formula is C15H15N3OS. The van der Waals surface area contributed by atoms with E-state index in [1.807, 2.05) is 30.5 Å². The molecule has 1 aromatic carbocycles. The molecule has 0 atom stereocenters. The van der Waals surface area contributed by atoms with Crippen molar-refractivity contribution in [3.8, 4) is 5.75 Å². The smallest absolute Gasteiger partial charge is 0.178 e. The highest BCUT2D eigenvalue weighted by Crippen LogP contribution is 2.21. The Kier molecular flexibility index (Phi) is 3.28. The SMILES string of the molecule is COc1ccc2c(c1)[nH]c(=S)n2Cc1cnccc1C. The number of ether oxygens (including phenoxy) is 1. The van der Waals surface area contributed by atoms with E-state index in [2.05, 4.69) is 21.5 Å². The summed E-state index contributed by atoms with van der Waals surface area (Å²) in [6.07, 6.45) is 3.69. The molecule has 0 amide bonds. The molecule has 0 saturated heterocycles. The molecular weight excluding hydrogens is 270 g/mol. The summed E-state index contributed by atoms with van der Waals surface area (Å²) in [5.74, 6) is 0.818. The molecule has 20 heavy (non-hydrogen) atoms. The predicted molar refractivity (Wildman–Crippen MR) is 81.8 cm³/mol. The molecule has 0 bridgehead atoms. The molecule has 2 heterocycles. The third-order valence-corrected chi connectivity index (χ3v) is 3.78. The lowest BCUT2D eigenvalue weighted by Gasteiger charge is -2.07. The van der Waals surface area contributed by atoms with Gasteiger partial charge in [-0.1, -0.05) is 0 Å². The summed E-state index contributed by atoms with van der Waals surface area (Å²) in [5, 5.41) is 0. The Morgan fingerprint density at radius 3 is 2.95 bits per heavy atom. The molecule has 0 unspecified atom stereocenters. The highest BCUT2D eigenvalue weighted by molar-refractivity contribution is 7.71. The zero-order valence-electron chi connectivity index (χ0n) is 11.4. The average molecular weight is 285 g/mol. The minimum absolute atomic E-state index is 0.705. The lowest BCUT2D eigenvalue weighted by Crippen LogP contribution is -2.02. The topological polar surface area (TPSA) is 42.8 Å². The maximum Gasteiger partial charge on any atom is 0.178 e. The maximum atomic E-state index is 5.42. The highest BCUT2D eigenvalue weighted by atomic mass is 32.1. The van der Waals surface area contributed by atoms with Crippen molar-refractivity contribution in [1.82, 2.24) is 14.5 Å². The van der Waals surface area contributed by atoms with Gasteiger partial charge in [0.05, 0.1) is 24.7 Å². The van der Waals surface area contributed by atoms with E-state index in [0.29, 0.717) is 11.3 Å². The molecule has 3 aromatic rings. The van der Waals surface area contributed by atoms with Gasteiger partial charge in [-0.15, -0.1) is 0 Å². The van der Waals surface area contributed by atoms with Crippen LogP contribution in [0.15, 0.2) is 36.7 Å². The fourth-order valence-electron chi connectivity index (χ4n) is 2.26. The molecule has 0 spiro atoms. The van der Waals surface area contributed by atoms with Crippen molar-refractivity contribution in [2.75, 3.05) is 7.11 Å². The first kappa shape index (κ1) is 12.9. The van der Waals surface area contributed by atoms with Crippen molar-refractivity contribution in [2.24, 2.45) is 0 Å². The summed E-state index contributed by atoms with van der Waals surface area (Å²) >= 11 is 5.42. The van der Waals surface area contributed by atoms with Gasteiger partial charge < -0.3 is 14.3 Å². The fraction of sp³-hybridized carbons (Fsp3) is 0.200. The summed E-state index contributed by atoms with van der Waals surface area (Å²) < 4.78 is 8.02. The van der Waals surface area contributed by atoms with Crippen LogP contribution in [-0.2, 0) is 6.54 Å². The Morgan fingerprint density at radius 1 is 1.35 bits per heavy atom. The standard InChI is InChI=1S/C15H15N3OS/c1-10-5-6-16-8-11(10)9-18-14-4-3-12(19-2)7-13(14)17-15(18)20/h3-8H,9H2,1-2H3,(H,17,20). The van der Waals surface area contributed by atoms with Crippen LogP contribution in [0.2, 0.25) is 0 Å². The monoisotopic (exact) mass is 285 g/mol. The summed E-state index contributed by atoms with van der Waals surface area (Å²) in [6, 6.07) is 7.93. The third kappa shape index (κ3) is 2.20. The van der Waals surface area contributed by atoms with Crippen molar-refractivity contribution in [3.63, 3.8) is 0 Å². The van der Waals surface area contributed by atoms with Crippen LogP contribution < -0.4 is 4.74 Å². The molecule has 0 aliphatic carbocycles. The molecule has 2 aromatic heterocycles. The van der Waals surface area contributed by atoms with E-state index in [-0.39, 0.29) is 0 Å². The Bertz CT molecular complexity index is 819. The molecule has 0 fully saturated rings. The maximum absolute atomic E-state index is 5.42. The molecule has 0 aliphatic rings. The fourth-order valence-corrected chi connectivity index (χ4v) is 2.53. The zero-order chi connectivity index (χ0) is 14.1. The minimum atomic E-state index is 0.705. The van der Waals surface area contributed by atoms with Gasteiger partial charge in [-0.3, -0.25) is 4.98 Å². The van der Waals surface area contributed by atoms with Gasteiger partial charge in [0.15, 0.2) is 4.77 Å². The molecule has 102 valence electrons. The van der Waals surface area contributed by atoms with E-state index in [4.69, 9.17) is 17.0 Å². The molecule has 0 saturated carbocycles. The van der Waals surface area contributed by atoms with Gasteiger partial charge in [-0.05, 0) is 48.5 Å². The van der Waals surface area contributed by atoms with Crippen LogP contribution in [0.3, 0.4) is 0 Å². The largest absolute Gasteiger partial charge is 0.497 e. The second-order valence-corrected chi connectivity index (χ2v) is 5.09. The van der Waals surface area contributed by atoms with Gasteiger partial charge in [-0.25, -0.2) is 0 Å². The van der Waals surface area contributed by atoms with Crippen molar-refractivity contribution in [1.29, 1.82) is 0 Å². The van der Waals surface area contributed by atoms with Gasteiger partial charge in [0.25, 0.3) is 0 Å². The van der Waals surface area contributed by atoms with Crippen LogP contribution in [-0.4, -0.2) is 21.6 Å². The number of pyridine rings is 1. The number of benzene rings is 1. The highest BCUT2D eigenvalue weighted by Gasteiger charge is 2.07. The predicted octanol–water partition coefficient (Wildman–Crippen LogP) is 3.46. The van der Waals surface area contributed by atoms with Crippen molar-refractivity contribution >= 4 is 23.3 Å². The number of hydrogen-bond acceptors (Lipinski definition) is 3. The van der Waals surface area contributed by atoms with E-state index in [1.165, 1.54) is 11.1 Å². The molecule has 1 N–H and O–H groups in total. The lowest BCUT2D eigenvalue weighted by molar-refractivity contribution is 0.415. The number of rotatable bonds is 3. The number of aryl methyl sites for hydroxylation is 1. The Morgan fingerprint density at radius 2 is 2.20 bits per heavy atom. The number of aromatic nitrogens is 3. The molecule has 3 rings (SSSR count). The van der Waals surface area contributed by atoms with Gasteiger partial charge in [0.1, 0.15) is 5.75 Å². The second-order valence-electron chi connectivity index (χ2n) is 4.70. The van der Waals surface area contributed by atoms with Crippen LogP contribution in [0.1, 0.15) is 11.1 Å². The normalized spacial score (nSPS) is 10.9. The summed E-state index contributed by atoms with van der Waals surface area (Å²) in [7, 11) is 1.66. The van der Waals surface area contributed by atoms with Crippen LogP contribution in [0, 0.1) is 11.7 Å². The lowest BCUT2D eigenvalue weighted by atomic mass is 10.1. The van der Waals surface area contributed by atoms with Crippen molar-refractivity contribution in [2.45, 2.75) is 13.5 Å². The third-order valence-electron chi connectivity index (χ3n) is 3.46. The summed E-state index contributed by atoms with van der Waals surface area (Å²) in [5.41, 5.74) is 4.43. The quantitative estimate of drug-likeness (QED) is 0.749. The number of aromatic amines is 1. The van der Waals surface area contributed by atoms with E-state index in [9.17, 15) is 0 Å². The van der Waals surface area contributed by atoms with Crippen LogP contribution >= 0.6 is 12.2 Å². The summed E-state index contributed by atoms with van der Waals surface area (Å²) in [6.45, 7) is 2.79. The average Bonchev–Trinajstić information content (AvgIpc) is 2.76. The number of H-pyrrole nitrogens is 1. The van der Waals surface area contributed by atoms with Crippen molar-refractivity contribution < 1.29 is 4.74 Å². The van der Waals surface area contributed by atoms with E-state index in [1.54, 1.807) is 13.3 Å². The number of hydrogen-bond donors (Lipinski definition) is 1. The van der Waals surface area contributed by atoms with E-state index < -0.39 is 0 Å². The van der Waals surface area contributed by atoms with Crippen molar-refractivity contribution in [3.05, 3.63) is 52.6 Å². The van der Waals surface area contributed by atoms with Gasteiger partial charge in [-0.2, -0.15) is 0 Å². The van der Waals surface area contributed by atoms with Crippen LogP contribution in [0.25, 0.3) is 11.0 Å². The molecule has 5 heteroatoms. The van der Waals surface area contributed by atoms with Crippen LogP contribution in [0.4, 0.5) is 0 Å². The minimum Gasteiger partial charge on any atom is -0.497 e. The Labute approximate surface area is 122 Å². The number of fused-ring (bicyclic) bond motifs is 1. The van der Waals surface area contributed by atoms with Gasteiger partial charge in [0.2, 0.25) is 0 Å². The zero-order valence-corrected chi connectivity index (χ0v) is 12.2.